The molecule has 3 aromatic carbocycles. The number of hydrogen-bond acceptors (Lipinski definition) is 2. The first-order valence-electron chi connectivity index (χ1n) is 8.58. The molecule has 136 valence electrons. The first kappa shape index (κ1) is 18.7. The lowest BCUT2D eigenvalue weighted by Crippen LogP contribution is -2.37. The molecular weight excluding hydrogens is 360 g/mol. The molecule has 2 amide bonds. The van der Waals surface area contributed by atoms with Crippen LogP contribution >= 0.6 is 11.6 Å². The highest BCUT2D eigenvalue weighted by molar-refractivity contribution is 6.39. The largest absolute Gasteiger partial charge is 0.347 e. The van der Waals surface area contributed by atoms with Crippen LogP contribution in [0.2, 0.25) is 5.02 Å². The molecule has 0 aliphatic rings. The van der Waals surface area contributed by atoms with E-state index in [1.165, 1.54) is 0 Å². The molecule has 3 rings (SSSR count). The van der Waals surface area contributed by atoms with Crippen LogP contribution in [0.3, 0.4) is 0 Å². The van der Waals surface area contributed by atoms with Gasteiger partial charge in [0.15, 0.2) is 0 Å². The Morgan fingerprint density at radius 1 is 0.741 bits per heavy atom. The van der Waals surface area contributed by atoms with E-state index in [1.807, 2.05) is 60.7 Å². The van der Waals surface area contributed by atoms with Gasteiger partial charge < -0.3 is 10.6 Å². The molecule has 0 fully saturated rings. The Hall–Kier alpha value is -3.11. The first-order chi connectivity index (χ1) is 13.1. The van der Waals surface area contributed by atoms with Crippen molar-refractivity contribution in [3.63, 3.8) is 0 Å². The highest BCUT2D eigenvalue weighted by Gasteiger charge is 2.18. The van der Waals surface area contributed by atoms with E-state index in [-0.39, 0.29) is 5.92 Å². The number of carbonyl (C=O) groups excluding carboxylic acids is 2. The minimum absolute atomic E-state index is 0.0420. The van der Waals surface area contributed by atoms with Gasteiger partial charge in [0.1, 0.15) is 0 Å². The second kappa shape index (κ2) is 9.01. The van der Waals surface area contributed by atoms with Gasteiger partial charge in [-0.05, 0) is 35.4 Å². The highest BCUT2D eigenvalue weighted by Crippen LogP contribution is 2.23. The Morgan fingerprint density at radius 3 is 1.78 bits per heavy atom. The maximum absolute atomic E-state index is 12.2. The van der Waals surface area contributed by atoms with Crippen LogP contribution in [0.5, 0.6) is 0 Å². The first-order valence-corrected chi connectivity index (χ1v) is 8.96. The van der Waals surface area contributed by atoms with Gasteiger partial charge in [0, 0.05) is 23.2 Å². The molecule has 5 heteroatoms. The van der Waals surface area contributed by atoms with Crippen molar-refractivity contribution in [3.8, 4) is 0 Å². The fourth-order valence-electron chi connectivity index (χ4n) is 2.79. The van der Waals surface area contributed by atoms with Crippen molar-refractivity contribution in [1.82, 2.24) is 5.32 Å². The number of benzene rings is 3. The predicted molar refractivity (Wildman–Crippen MR) is 108 cm³/mol. The third kappa shape index (κ3) is 5.19. The van der Waals surface area contributed by atoms with Gasteiger partial charge in [0.05, 0.1) is 0 Å². The Labute approximate surface area is 163 Å². The van der Waals surface area contributed by atoms with Crippen LogP contribution < -0.4 is 10.6 Å². The van der Waals surface area contributed by atoms with E-state index in [2.05, 4.69) is 10.6 Å². The molecule has 0 unspecified atom stereocenters. The van der Waals surface area contributed by atoms with Crippen LogP contribution in [0.1, 0.15) is 17.0 Å². The smallest absolute Gasteiger partial charge is 0.313 e. The molecule has 3 aromatic rings. The van der Waals surface area contributed by atoms with Gasteiger partial charge in [-0.15, -0.1) is 0 Å². The zero-order valence-electron chi connectivity index (χ0n) is 14.6. The number of hydrogen-bond donors (Lipinski definition) is 2. The lowest BCUT2D eigenvalue weighted by atomic mass is 9.91. The molecule has 0 atom stereocenters. The summed E-state index contributed by atoms with van der Waals surface area (Å²) in [7, 11) is 0. The quantitative estimate of drug-likeness (QED) is 0.653. The van der Waals surface area contributed by atoms with Crippen LogP contribution in [0.25, 0.3) is 0 Å². The average Bonchev–Trinajstić information content (AvgIpc) is 2.71. The maximum Gasteiger partial charge on any atom is 0.313 e. The fourth-order valence-corrected chi connectivity index (χ4v) is 2.92. The Balaban J connectivity index is 1.67. The van der Waals surface area contributed by atoms with Crippen molar-refractivity contribution in [2.24, 2.45) is 0 Å². The molecule has 0 radical (unpaired) electrons. The molecule has 0 saturated heterocycles. The van der Waals surface area contributed by atoms with Crippen LogP contribution in [0.4, 0.5) is 5.69 Å². The van der Waals surface area contributed by atoms with Gasteiger partial charge in [0.25, 0.3) is 0 Å². The second-order valence-electron chi connectivity index (χ2n) is 6.04. The zero-order valence-corrected chi connectivity index (χ0v) is 15.3. The predicted octanol–water partition coefficient (Wildman–Crippen LogP) is 4.23. The second-order valence-corrected chi connectivity index (χ2v) is 6.48. The maximum atomic E-state index is 12.2. The third-order valence-electron chi connectivity index (χ3n) is 4.18. The third-order valence-corrected chi connectivity index (χ3v) is 4.43. The number of nitrogens with one attached hydrogen (secondary N) is 2. The summed E-state index contributed by atoms with van der Waals surface area (Å²) < 4.78 is 0. The van der Waals surface area contributed by atoms with E-state index < -0.39 is 11.8 Å². The van der Waals surface area contributed by atoms with E-state index in [9.17, 15) is 9.59 Å². The zero-order chi connectivity index (χ0) is 19.1. The van der Waals surface area contributed by atoms with Gasteiger partial charge >= 0.3 is 11.8 Å². The van der Waals surface area contributed by atoms with Crippen LogP contribution in [-0.4, -0.2) is 18.4 Å². The molecule has 2 N–H and O–H groups in total. The van der Waals surface area contributed by atoms with E-state index in [4.69, 9.17) is 11.6 Å². The summed E-state index contributed by atoms with van der Waals surface area (Å²) in [5.41, 5.74) is 2.66. The molecule has 0 bridgehead atoms. The van der Waals surface area contributed by atoms with Gasteiger partial charge in [-0.2, -0.15) is 0 Å². The summed E-state index contributed by atoms with van der Waals surface area (Å²) in [5, 5.41) is 5.86. The van der Waals surface area contributed by atoms with Gasteiger partial charge in [-0.1, -0.05) is 72.3 Å². The summed E-state index contributed by atoms with van der Waals surface area (Å²) >= 11 is 5.82. The minimum Gasteiger partial charge on any atom is -0.347 e. The number of anilines is 1. The van der Waals surface area contributed by atoms with Gasteiger partial charge in [-0.3, -0.25) is 9.59 Å². The molecule has 0 heterocycles. The molecular formula is C22H19ClN2O2. The summed E-state index contributed by atoms with van der Waals surface area (Å²) in [6, 6.07) is 26.4. The molecule has 27 heavy (non-hydrogen) atoms. The lowest BCUT2D eigenvalue weighted by molar-refractivity contribution is -0.136. The number of amides is 2. The Bertz CT molecular complexity index is 857. The van der Waals surface area contributed by atoms with Crippen molar-refractivity contribution in [3.05, 3.63) is 101 Å². The van der Waals surface area contributed by atoms with Crippen molar-refractivity contribution >= 4 is 29.1 Å². The van der Waals surface area contributed by atoms with Crippen molar-refractivity contribution in [2.75, 3.05) is 11.9 Å². The molecule has 0 aliphatic carbocycles. The molecule has 0 spiro atoms. The van der Waals surface area contributed by atoms with E-state index in [0.717, 1.165) is 11.1 Å². The van der Waals surface area contributed by atoms with E-state index >= 15 is 0 Å². The monoisotopic (exact) mass is 378 g/mol. The fraction of sp³-hybridized carbons (Fsp3) is 0.0909. The summed E-state index contributed by atoms with van der Waals surface area (Å²) in [6.45, 7) is 0.320. The van der Waals surface area contributed by atoms with Crippen LogP contribution in [-0.2, 0) is 9.59 Å². The Kier molecular flexibility index (Phi) is 6.23. The topological polar surface area (TPSA) is 58.2 Å². The van der Waals surface area contributed by atoms with Crippen LogP contribution in [0, 0.1) is 0 Å². The molecule has 0 saturated carbocycles. The minimum atomic E-state index is -0.711. The van der Waals surface area contributed by atoms with E-state index in [1.54, 1.807) is 24.3 Å². The lowest BCUT2D eigenvalue weighted by Gasteiger charge is -2.18. The Morgan fingerprint density at radius 2 is 1.26 bits per heavy atom. The standard InChI is InChI=1S/C22H19ClN2O2/c23-18-11-13-19(14-12-18)25-22(27)21(26)24-15-20(16-7-3-1-4-8-16)17-9-5-2-6-10-17/h1-14,20H,15H2,(H,24,26)(H,25,27). The highest BCUT2D eigenvalue weighted by atomic mass is 35.5. The van der Waals surface area contributed by atoms with Crippen molar-refractivity contribution in [2.45, 2.75) is 5.92 Å². The number of carbonyl (C=O) groups is 2. The number of halogens is 1. The summed E-state index contributed by atoms with van der Waals surface area (Å²) in [6.07, 6.45) is 0. The van der Waals surface area contributed by atoms with E-state index in [0.29, 0.717) is 17.3 Å². The average molecular weight is 379 g/mol. The summed E-state index contributed by atoms with van der Waals surface area (Å²) in [4.78, 5) is 24.4. The summed E-state index contributed by atoms with van der Waals surface area (Å²) in [5.74, 6) is -1.43. The SMILES string of the molecule is O=C(NCC(c1ccccc1)c1ccccc1)C(=O)Nc1ccc(Cl)cc1. The van der Waals surface area contributed by atoms with Gasteiger partial charge in [0.2, 0.25) is 0 Å². The van der Waals surface area contributed by atoms with Crippen LogP contribution in [0.15, 0.2) is 84.9 Å². The van der Waals surface area contributed by atoms with Crippen molar-refractivity contribution in [1.29, 1.82) is 0 Å². The molecule has 0 aliphatic heterocycles. The molecule has 0 aromatic heterocycles. The van der Waals surface area contributed by atoms with Gasteiger partial charge in [-0.25, -0.2) is 0 Å². The van der Waals surface area contributed by atoms with Crippen molar-refractivity contribution < 1.29 is 9.59 Å². The molecule has 4 nitrogen and oxygen atoms in total. The normalized spacial score (nSPS) is 10.4. The number of rotatable bonds is 5.